The molecule has 9 heteroatoms. The summed E-state index contributed by atoms with van der Waals surface area (Å²) in [5.74, 6) is -0.324. The minimum absolute atomic E-state index is 0.0203. The molecule has 0 radical (unpaired) electrons. The van der Waals surface area contributed by atoms with Crippen LogP contribution in [0, 0.1) is 6.92 Å². The fraction of sp³-hybridized carbons (Fsp3) is 0.100. The summed E-state index contributed by atoms with van der Waals surface area (Å²) < 4.78 is 25.1. The maximum atomic E-state index is 12.3. The van der Waals surface area contributed by atoms with E-state index in [2.05, 4.69) is 5.10 Å². The van der Waals surface area contributed by atoms with Crippen LogP contribution in [-0.4, -0.2) is 34.8 Å². The Kier molecular flexibility index (Phi) is 3.35. The molecule has 1 aromatic carbocycles. The molecule has 2 aromatic rings. The van der Waals surface area contributed by atoms with E-state index in [-0.39, 0.29) is 16.2 Å². The zero-order valence-electron chi connectivity index (χ0n) is 10.1. The van der Waals surface area contributed by atoms with E-state index in [0.717, 1.165) is 11.8 Å². The summed E-state index contributed by atoms with van der Waals surface area (Å²) in [7, 11) is -5.81. The summed E-state index contributed by atoms with van der Waals surface area (Å²) in [4.78, 5) is 0.0203. The topological polar surface area (TPSA) is 118 Å². The molecule has 0 aliphatic carbocycles. The number of aromatic nitrogens is 2. The van der Waals surface area contributed by atoms with E-state index in [1.165, 1.54) is 12.1 Å². The Hall–Kier alpha value is -1.84. The number of rotatable bonds is 3. The fourth-order valence-corrected chi connectivity index (χ4v) is 2.77. The van der Waals surface area contributed by atoms with E-state index in [4.69, 9.17) is 15.8 Å². The van der Waals surface area contributed by atoms with Crippen molar-refractivity contribution in [1.82, 2.24) is 9.19 Å². The number of hydrogen-bond acceptors (Lipinski definition) is 6. The highest BCUT2D eigenvalue weighted by molar-refractivity contribution is 7.90. The molecule has 0 atom stereocenters. The van der Waals surface area contributed by atoms with Crippen LogP contribution in [0.2, 0.25) is 0 Å². The van der Waals surface area contributed by atoms with E-state index in [9.17, 15) is 8.42 Å². The Labute approximate surface area is 110 Å². The zero-order valence-corrected chi connectivity index (χ0v) is 10.9. The molecule has 1 aromatic heterocycles. The molecule has 1 heterocycles. The summed E-state index contributed by atoms with van der Waals surface area (Å²) in [5, 5.41) is 21.6. The van der Waals surface area contributed by atoms with Crippen LogP contribution in [0.4, 0.5) is 5.82 Å². The van der Waals surface area contributed by atoms with Crippen LogP contribution in [0.5, 0.6) is 0 Å². The Morgan fingerprint density at radius 2 is 1.84 bits per heavy atom. The molecule has 0 saturated heterocycles. The summed E-state index contributed by atoms with van der Waals surface area (Å²) in [6.07, 6.45) is 1.01. The van der Waals surface area contributed by atoms with Gasteiger partial charge in [-0.3, -0.25) is 0 Å². The molecule has 0 spiro atoms. The number of nitrogen functional groups attached to an aromatic ring is 1. The number of anilines is 1. The third kappa shape index (κ3) is 2.35. The van der Waals surface area contributed by atoms with Crippen LogP contribution >= 0.6 is 0 Å². The van der Waals surface area contributed by atoms with E-state index in [1.54, 1.807) is 12.1 Å². The lowest BCUT2D eigenvalue weighted by molar-refractivity contribution is 0.426. The Morgan fingerprint density at radius 1 is 1.26 bits per heavy atom. The van der Waals surface area contributed by atoms with Crippen molar-refractivity contribution >= 4 is 28.4 Å². The molecular weight excluding hydrogens is 269 g/mol. The van der Waals surface area contributed by atoms with Gasteiger partial charge in [-0.1, -0.05) is 17.7 Å². The molecule has 0 unspecified atom stereocenters. The molecule has 0 aliphatic rings. The summed E-state index contributed by atoms with van der Waals surface area (Å²) in [6.45, 7) is 1.83. The van der Waals surface area contributed by atoms with Crippen molar-refractivity contribution in [2.24, 2.45) is 0 Å². The first-order valence-electron chi connectivity index (χ1n) is 5.36. The molecule has 0 fully saturated rings. The number of nitrogens with two attached hydrogens (primary N) is 1. The van der Waals surface area contributed by atoms with Gasteiger partial charge in [0.25, 0.3) is 10.0 Å². The van der Waals surface area contributed by atoms with Gasteiger partial charge < -0.3 is 15.8 Å². The SMILES string of the molecule is Cc1ccc(S(=O)(=O)n2ncc(B(O)O)c2N)cc1. The van der Waals surface area contributed by atoms with Crippen LogP contribution in [0.3, 0.4) is 0 Å². The van der Waals surface area contributed by atoms with Crippen LogP contribution in [-0.2, 0) is 10.0 Å². The second kappa shape index (κ2) is 4.69. The third-order valence-electron chi connectivity index (χ3n) is 2.63. The summed E-state index contributed by atoms with van der Waals surface area (Å²) in [5.41, 5.74) is 6.32. The van der Waals surface area contributed by atoms with Crippen molar-refractivity contribution in [2.45, 2.75) is 11.8 Å². The van der Waals surface area contributed by atoms with Gasteiger partial charge in [0.15, 0.2) is 0 Å². The second-order valence-corrected chi connectivity index (χ2v) is 5.79. The normalized spacial score (nSPS) is 11.5. The molecule has 100 valence electrons. The van der Waals surface area contributed by atoms with Gasteiger partial charge in [-0.15, -0.1) is 4.09 Å². The van der Waals surface area contributed by atoms with Gasteiger partial charge >= 0.3 is 7.12 Å². The first kappa shape index (κ1) is 13.6. The Bertz CT molecular complexity index is 694. The van der Waals surface area contributed by atoms with Crippen molar-refractivity contribution in [1.29, 1.82) is 0 Å². The number of hydrogen-bond donors (Lipinski definition) is 3. The van der Waals surface area contributed by atoms with Gasteiger partial charge in [0, 0.05) is 5.46 Å². The quantitative estimate of drug-likeness (QED) is 0.601. The van der Waals surface area contributed by atoms with Crippen LogP contribution in [0.25, 0.3) is 0 Å². The first-order chi connectivity index (χ1) is 8.84. The predicted octanol–water partition coefficient (Wildman–Crippen LogP) is -1.31. The minimum Gasteiger partial charge on any atom is -0.423 e. The van der Waals surface area contributed by atoms with E-state index < -0.39 is 17.1 Å². The molecule has 7 nitrogen and oxygen atoms in total. The monoisotopic (exact) mass is 281 g/mol. The van der Waals surface area contributed by atoms with Crippen molar-refractivity contribution in [3.05, 3.63) is 36.0 Å². The Morgan fingerprint density at radius 3 is 2.32 bits per heavy atom. The first-order valence-corrected chi connectivity index (χ1v) is 6.80. The van der Waals surface area contributed by atoms with E-state index in [0.29, 0.717) is 4.09 Å². The molecule has 0 amide bonds. The minimum atomic E-state index is -3.94. The largest absolute Gasteiger partial charge is 0.493 e. The van der Waals surface area contributed by atoms with Gasteiger partial charge in [-0.25, -0.2) is 0 Å². The number of aryl methyl sites for hydroxylation is 1. The lowest BCUT2D eigenvalue weighted by Crippen LogP contribution is -2.32. The van der Waals surface area contributed by atoms with E-state index >= 15 is 0 Å². The standard InChI is InChI=1S/C10H12BN3O4S/c1-7-2-4-8(5-3-7)19(17,18)14-10(12)9(6-13-14)11(15)16/h2-6,15-16H,12H2,1H3. The van der Waals surface area contributed by atoms with Crippen molar-refractivity contribution < 1.29 is 18.5 Å². The van der Waals surface area contributed by atoms with Gasteiger partial charge in [0.1, 0.15) is 5.82 Å². The maximum absolute atomic E-state index is 12.3. The molecule has 4 N–H and O–H groups in total. The summed E-state index contributed by atoms with van der Waals surface area (Å²) >= 11 is 0. The summed E-state index contributed by atoms with van der Waals surface area (Å²) in [6, 6.07) is 6.16. The smallest absolute Gasteiger partial charge is 0.423 e. The van der Waals surface area contributed by atoms with Crippen molar-refractivity contribution in [3.63, 3.8) is 0 Å². The predicted molar refractivity (Wildman–Crippen MR) is 70.2 cm³/mol. The van der Waals surface area contributed by atoms with Crippen LogP contribution < -0.4 is 11.2 Å². The Balaban J connectivity index is 2.54. The van der Waals surface area contributed by atoms with Crippen LogP contribution in [0.1, 0.15) is 5.56 Å². The lowest BCUT2D eigenvalue weighted by atomic mass is 9.82. The van der Waals surface area contributed by atoms with Gasteiger partial charge in [0.05, 0.1) is 11.1 Å². The fourth-order valence-electron chi connectivity index (χ4n) is 1.55. The number of benzene rings is 1. The van der Waals surface area contributed by atoms with Gasteiger partial charge in [-0.05, 0) is 19.1 Å². The van der Waals surface area contributed by atoms with Crippen LogP contribution in [0.15, 0.2) is 35.4 Å². The average molecular weight is 281 g/mol. The lowest BCUT2D eigenvalue weighted by Gasteiger charge is -2.07. The zero-order chi connectivity index (χ0) is 14.2. The van der Waals surface area contributed by atoms with Gasteiger partial charge in [-0.2, -0.15) is 13.5 Å². The molecule has 19 heavy (non-hydrogen) atoms. The van der Waals surface area contributed by atoms with Crippen molar-refractivity contribution in [3.8, 4) is 0 Å². The van der Waals surface area contributed by atoms with E-state index in [1.807, 2.05) is 6.92 Å². The third-order valence-corrected chi connectivity index (χ3v) is 4.24. The highest BCUT2D eigenvalue weighted by atomic mass is 32.2. The molecule has 0 aliphatic heterocycles. The maximum Gasteiger partial charge on any atom is 0.493 e. The second-order valence-electron chi connectivity index (χ2n) is 4.02. The molecular formula is C10H12BN3O4S. The number of nitrogens with zero attached hydrogens (tertiary/aromatic N) is 2. The molecule has 2 rings (SSSR count). The van der Waals surface area contributed by atoms with Crippen molar-refractivity contribution in [2.75, 3.05) is 5.73 Å². The highest BCUT2D eigenvalue weighted by Gasteiger charge is 2.26. The molecule has 0 bridgehead atoms. The average Bonchev–Trinajstić information content (AvgIpc) is 2.72. The van der Waals surface area contributed by atoms with Gasteiger partial charge in [0.2, 0.25) is 0 Å². The highest BCUT2D eigenvalue weighted by Crippen LogP contribution is 2.16. The molecule has 0 saturated carbocycles.